The second kappa shape index (κ2) is 6.18. The van der Waals surface area contributed by atoms with Crippen molar-refractivity contribution in [2.75, 3.05) is 11.9 Å². The van der Waals surface area contributed by atoms with E-state index in [4.69, 9.17) is 0 Å². The van der Waals surface area contributed by atoms with Gasteiger partial charge in [-0.2, -0.15) is 0 Å². The summed E-state index contributed by atoms with van der Waals surface area (Å²) in [4.78, 5) is 16.0. The zero-order valence-electron chi connectivity index (χ0n) is 12.7. The normalized spacial score (nSPS) is 16.1. The van der Waals surface area contributed by atoms with Gasteiger partial charge in [-0.05, 0) is 55.0 Å². The third kappa shape index (κ3) is 3.05. The number of carbonyl (C=O) groups is 1. The minimum atomic E-state index is -0.338. The molecule has 0 radical (unpaired) electrons. The number of nitrogens with zero attached hydrogens (tertiary/aromatic N) is 1. The number of anilines is 1. The first-order chi connectivity index (χ1) is 10.5. The summed E-state index contributed by atoms with van der Waals surface area (Å²) in [6, 6.07) is 6.34. The highest BCUT2D eigenvalue weighted by molar-refractivity contribution is 7.10. The minimum Gasteiger partial charge on any atom is -0.324 e. The lowest BCUT2D eigenvalue weighted by molar-refractivity contribution is -0.121. The monoisotopic (exact) mass is 318 g/mol. The van der Waals surface area contributed by atoms with Crippen LogP contribution in [0.5, 0.6) is 0 Å². The number of thiophene rings is 1. The summed E-state index contributed by atoms with van der Waals surface area (Å²) in [7, 11) is 0. The standard InChI is InChI=1S/C17H19FN2OS/c1-11-3-4-14(18)9-15(11)19-17(21)12(2)20-7-5-16-13(10-20)6-8-22-16/h3-4,6,8-9,12H,5,7,10H2,1-2H3,(H,19,21)/t12-/m0/s1. The molecule has 2 aromatic rings. The number of halogens is 1. The molecule has 0 saturated heterocycles. The van der Waals surface area contributed by atoms with Crippen LogP contribution in [0.15, 0.2) is 29.6 Å². The lowest BCUT2D eigenvalue weighted by atomic mass is 10.1. The van der Waals surface area contributed by atoms with Gasteiger partial charge in [-0.25, -0.2) is 4.39 Å². The predicted molar refractivity (Wildman–Crippen MR) is 87.7 cm³/mol. The van der Waals surface area contributed by atoms with Gasteiger partial charge in [0.15, 0.2) is 0 Å². The van der Waals surface area contributed by atoms with Crippen molar-refractivity contribution in [2.45, 2.75) is 32.9 Å². The van der Waals surface area contributed by atoms with E-state index >= 15 is 0 Å². The quantitative estimate of drug-likeness (QED) is 0.938. The maximum absolute atomic E-state index is 13.3. The summed E-state index contributed by atoms with van der Waals surface area (Å²) in [6.07, 6.45) is 0.990. The Hall–Kier alpha value is -1.72. The molecular formula is C17H19FN2OS. The van der Waals surface area contributed by atoms with E-state index in [9.17, 15) is 9.18 Å². The van der Waals surface area contributed by atoms with Crippen LogP contribution < -0.4 is 5.32 Å². The van der Waals surface area contributed by atoms with Gasteiger partial charge in [-0.3, -0.25) is 9.69 Å². The SMILES string of the molecule is Cc1ccc(F)cc1NC(=O)[C@H](C)N1CCc2sccc2C1. The summed E-state index contributed by atoms with van der Waals surface area (Å²) in [5.41, 5.74) is 2.73. The van der Waals surface area contributed by atoms with E-state index < -0.39 is 0 Å². The van der Waals surface area contributed by atoms with E-state index in [0.717, 1.165) is 25.1 Å². The second-order valence-electron chi connectivity index (χ2n) is 5.71. The van der Waals surface area contributed by atoms with Crippen LogP contribution in [0, 0.1) is 12.7 Å². The van der Waals surface area contributed by atoms with Crippen molar-refractivity contribution < 1.29 is 9.18 Å². The van der Waals surface area contributed by atoms with Gasteiger partial charge in [0.25, 0.3) is 0 Å². The predicted octanol–water partition coefficient (Wildman–Crippen LogP) is 3.58. The molecule has 1 aliphatic heterocycles. The minimum absolute atomic E-state index is 0.0904. The van der Waals surface area contributed by atoms with E-state index in [0.29, 0.717) is 5.69 Å². The molecule has 1 atom stereocenters. The average molecular weight is 318 g/mol. The molecule has 0 bridgehead atoms. The van der Waals surface area contributed by atoms with Gasteiger partial charge in [-0.15, -0.1) is 11.3 Å². The highest BCUT2D eigenvalue weighted by Gasteiger charge is 2.26. The van der Waals surface area contributed by atoms with Gasteiger partial charge >= 0.3 is 0 Å². The molecule has 0 spiro atoms. The first kappa shape index (κ1) is 15.2. The first-order valence-electron chi connectivity index (χ1n) is 7.41. The molecule has 1 aromatic heterocycles. The number of aryl methyl sites for hydroxylation is 1. The lowest BCUT2D eigenvalue weighted by Crippen LogP contribution is -2.44. The summed E-state index contributed by atoms with van der Waals surface area (Å²) < 4.78 is 13.3. The van der Waals surface area contributed by atoms with Crippen molar-refractivity contribution in [3.63, 3.8) is 0 Å². The third-order valence-corrected chi connectivity index (χ3v) is 5.24. The second-order valence-corrected chi connectivity index (χ2v) is 6.71. The smallest absolute Gasteiger partial charge is 0.241 e. The highest BCUT2D eigenvalue weighted by Crippen LogP contribution is 2.25. The largest absolute Gasteiger partial charge is 0.324 e. The van der Waals surface area contributed by atoms with Crippen molar-refractivity contribution >= 4 is 22.9 Å². The van der Waals surface area contributed by atoms with Crippen molar-refractivity contribution in [1.29, 1.82) is 0 Å². The fourth-order valence-electron chi connectivity index (χ4n) is 2.73. The number of nitrogens with one attached hydrogen (secondary N) is 1. The number of rotatable bonds is 3. The Morgan fingerprint density at radius 1 is 1.41 bits per heavy atom. The zero-order valence-corrected chi connectivity index (χ0v) is 13.5. The van der Waals surface area contributed by atoms with Crippen molar-refractivity contribution in [3.05, 3.63) is 51.5 Å². The Morgan fingerprint density at radius 2 is 2.23 bits per heavy atom. The van der Waals surface area contributed by atoms with E-state index in [-0.39, 0.29) is 17.8 Å². The Kier molecular flexibility index (Phi) is 4.27. The van der Waals surface area contributed by atoms with Crippen LogP contribution >= 0.6 is 11.3 Å². The van der Waals surface area contributed by atoms with Crippen molar-refractivity contribution in [1.82, 2.24) is 4.90 Å². The first-order valence-corrected chi connectivity index (χ1v) is 8.29. The number of hydrogen-bond acceptors (Lipinski definition) is 3. The Balaban J connectivity index is 1.69. The molecular weight excluding hydrogens is 299 g/mol. The summed E-state index contributed by atoms with van der Waals surface area (Å²) in [5, 5.41) is 4.95. The van der Waals surface area contributed by atoms with Gasteiger partial charge < -0.3 is 5.32 Å². The molecule has 0 aliphatic carbocycles. The van der Waals surface area contributed by atoms with Gasteiger partial charge in [0, 0.05) is 23.7 Å². The summed E-state index contributed by atoms with van der Waals surface area (Å²) in [6.45, 7) is 5.44. The molecule has 22 heavy (non-hydrogen) atoms. The Bertz CT molecular complexity index is 698. The molecule has 1 amide bonds. The van der Waals surface area contributed by atoms with Gasteiger partial charge in [-0.1, -0.05) is 6.07 Å². The van der Waals surface area contributed by atoms with E-state index in [2.05, 4.69) is 21.7 Å². The van der Waals surface area contributed by atoms with Crippen LogP contribution in [0.2, 0.25) is 0 Å². The Labute approximate surface area is 133 Å². The highest BCUT2D eigenvalue weighted by atomic mass is 32.1. The van der Waals surface area contributed by atoms with Crippen molar-refractivity contribution in [2.24, 2.45) is 0 Å². The number of carbonyl (C=O) groups excluding carboxylic acids is 1. The maximum atomic E-state index is 13.3. The lowest BCUT2D eigenvalue weighted by Gasteiger charge is -2.31. The molecule has 0 fully saturated rings. The van der Waals surface area contributed by atoms with E-state index in [1.807, 2.05) is 13.8 Å². The molecule has 1 N–H and O–H groups in total. The molecule has 3 nitrogen and oxygen atoms in total. The molecule has 3 rings (SSSR count). The summed E-state index contributed by atoms with van der Waals surface area (Å²) in [5.74, 6) is -0.429. The van der Waals surface area contributed by atoms with Gasteiger partial charge in [0.1, 0.15) is 5.82 Å². The molecule has 1 aromatic carbocycles. The summed E-state index contributed by atoms with van der Waals surface area (Å²) >= 11 is 1.78. The number of benzene rings is 1. The Morgan fingerprint density at radius 3 is 3.05 bits per heavy atom. The van der Waals surface area contributed by atoms with Crippen LogP contribution in [0.1, 0.15) is 22.9 Å². The molecule has 2 heterocycles. The fourth-order valence-corrected chi connectivity index (χ4v) is 3.62. The maximum Gasteiger partial charge on any atom is 0.241 e. The van der Waals surface area contributed by atoms with Crippen LogP contribution in [-0.2, 0) is 17.8 Å². The van der Waals surface area contributed by atoms with Crippen LogP contribution in [0.25, 0.3) is 0 Å². The van der Waals surface area contributed by atoms with Crippen LogP contribution in [0.3, 0.4) is 0 Å². The molecule has 116 valence electrons. The molecule has 0 saturated carbocycles. The molecule has 0 unspecified atom stereocenters. The van der Waals surface area contributed by atoms with Gasteiger partial charge in [0.05, 0.1) is 6.04 Å². The molecule has 5 heteroatoms. The van der Waals surface area contributed by atoms with Gasteiger partial charge in [0.2, 0.25) is 5.91 Å². The number of fused-ring (bicyclic) bond motifs is 1. The van der Waals surface area contributed by atoms with E-state index in [1.54, 1.807) is 17.4 Å². The van der Waals surface area contributed by atoms with E-state index in [1.165, 1.54) is 22.6 Å². The number of hydrogen-bond donors (Lipinski definition) is 1. The van der Waals surface area contributed by atoms with Crippen LogP contribution in [-0.4, -0.2) is 23.4 Å². The molecule has 1 aliphatic rings. The van der Waals surface area contributed by atoms with Crippen LogP contribution in [0.4, 0.5) is 10.1 Å². The van der Waals surface area contributed by atoms with Crippen molar-refractivity contribution in [3.8, 4) is 0 Å². The number of amides is 1. The average Bonchev–Trinajstić information content (AvgIpc) is 2.97. The zero-order chi connectivity index (χ0) is 15.7. The topological polar surface area (TPSA) is 32.3 Å². The fraction of sp³-hybridized carbons (Fsp3) is 0.353. The third-order valence-electron chi connectivity index (χ3n) is 4.22.